The van der Waals surface area contributed by atoms with Crippen LogP contribution in [0.2, 0.25) is 0 Å². The zero-order chi connectivity index (χ0) is 13.9. The quantitative estimate of drug-likeness (QED) is 0.890. The molecule has 1 atom stereocenters. The van der Waals surface area contributed by atoms with Crippen LogP contribution in [0, 0.1) is 5.92 Å². The van der Waals surface area contributed by atoms with E-state index in [0.717, 1.165) is 25.9 Å². The van der Waals surface area contributed by atoms with Crippen molar-refractivity contribution < 1.29 is 17.9 Å². The monoisotopic (exact) mass is 274 g/mol. The van der Waals surface area contributed by atoms with Crippen molar-refractivity contribution in [2.45, 2.75) is 25.2 Å². The van der Waals surface area contributed by atoms with Crippen molar-refractivity contribution in [2.24, 2.45) is 11.7 Å². The highest BCUT2D eigenvalue weighted by Crippen LogP contribution is 2.30. The molecule has 3 nitrogen and oxygen atoms in total. The molecule has 0 radical (unpaired) electrons. The standard InChI is InChI=1S/C13H17F3N2O/c14-13(15,16)19-11-3-1-2-10(8-11)12(17)9-4-6-18-7-5-9/h1-3,8-9,12,18H,4-7,17H2/t12-/m1/s1. The third-order valence-electron chi connectivity index (χ3n) is 3.37. The zero-order valence-corrected chi connectivity index (χ0v) is 10.4. The summed E-state index contributed by atoms with van der Waals surface area (Å²) >= 11 is 0. The number of halogens is 3. The molecule has 0 unspecified atom stereocenters. The summed E-state index contributed by atoms with van der Waals surface area (Å²) in [5.74, 6) is 0.0803. The molecule has 0 bridgehead atoms. The Kier molecular flexibility index (Phi) is 4.31. The Balaban J connectivity index is 2.09. The summed E-state index contributed by atoms with van der Waals surface area (Å²) in [5, 5.41) is 3.23. The molecular formula is C13H17F3N2O. The maximum absolute atomic E-state index is 12.2. The van der Waals surface area contributed by atoms with Crippen molar-refractivity contribution >= 4 is 0 Å². The van der Waals surface area contributed by atoms with Crippen LogP contribution in [0.4, 0.5) is 13.2 Å². The van der Waals surface area contributed by atoms with E-state index in [-0.39, 0.29) is 11.8 Å². The summed E-state index contributed by atoms with van der Waals surface area (Å²) in [6.45, 7) is 1.80. The molecule has 19 heavy (non-hydrogen) atoms. The number of nitrogens with two attached hydrogens (primary N) is 1. The van der Waals surface area contributed by atoms with Gasteiger partial charge in [-0.25, -0.2) is 0 Å². The van der Waals surface area contributed by atoms with Gasteiger partial charge in [-0.3, -0.25) is 0 Å². The Labute approximate surface area is 109 Å². The smallest absolute Gasteiger partial charge is 0.406 e. The van der Waals surface area contributed by atoms with Gasteiger partial charge in [0.05, 0.1) is 0 Å². The van der Waals surface area contributed by atoms with Gasteiger partial charge in [0.25, 0.3) is 0 Å². The number of nitrogens with one attached hydrogen (secondary N) is 1. The van der Waals surface area contributed by atoms with Gasteiger partial charge in [-0.05, 0) is 49.5 Å². The van der Waals surface area contributed by atoms with Crippen molar-refractivity contribution in [3.8, 4) is 5.75 Å². The average molecular weight is 274 g/mol. The summed E-state index contributed by atoms with van der Waals surface area (Å²) in [6.07, 6.45) is -2.80. The lowest BCUT2D eigenvalue weighted by Gasteiger charge is -2.28. The molecule has 3 N–H and O–H groups in total. The van der Waals surface area contributed by atoms with Crippen LogP contribution in [0.15, 0.2) is 24.3 Å². The molecule has 1 heterocycles. The number of hydrogen-bond donors (Lipinski definition) is 2. The summed E-state index contributed by atoms with van der Waals surface area (Å²) in [6, 6.07) is 5.69. The molecule has 1 saturated heterocycles. The van der Waals surface area contributed by atoms with E-state index in [2.05, 4.69) is 10.1 Å². The first-order chi connectivity index (χ1) is 8.96. The Bertz CT molecular complexity index is 417. The first-order valence-electron chi connectivity index (χ1n) is 6.28. The largest absolute Gasteiger partial charge is 0.573 e. The van der Waals surface area contributed by atoms with Crippen molar-refractivity contribution in [3.63, 3.8) is 0 Å². The maximum Gasteiger partial charge on any atom is 0.573 e. The second-order valence-corrected chi connectivity index (χ2v) is 4.73. The maximum atomic E-state index is 12.2. The molecule has 1 aliphatic rings. The van der Waals surface area contributed by atoms with E-state index in [9.17, 15) is 13.2 Å². The van der Waals surface area contributed by atoms with E-state index in [1.54, 1.807) is 6.07 Å². The van der Waals surface area contributed by atoms with Crippen LogP contribution in [-0.4, -0.2) is 19.5 Å². The Morgan fingerprint density at radius 3 is 2.58 bits per heavy atom. The number of hydrogen-bond acceptors (Lipinski definition) is 3. The molecule has 0 saturated carbocycles. The third-order valence-corrected chi connectivity index (χ3v) is 3.37. The first kappa shape index (κ1) is 14.1. The Hall–Kier alpha value is -1.27. The van der Waals surface area contributed by atoms with E-state index in [4.69, 9.17) is 5.73 Å². The second-order valence-electron chi connectivity index (χ2n) is 4.73. The highest BCUT2D eigenvalue weighted by atomic mass is 19.4. The zero-order valence-electron chi connectivity index (χ0n) is 10.4. The van der Waals surface area contributed by atoms with Gasteiger partial charge in [-0.2, -0.15) is 0 Å². The first-order valence-corrected chi connectivity index (χ1v) is 6.28. The fourth-order valence-electron chi connectivity index (χ4n) is 2.39. The lowest BCUT2D eigenvalue weighted by atomic mass is 9.86. The van der Waals surface area contributed by atoms with Crippen molar-refractivity contribution in [1.29, 1.82) is 0 Å². The number of rotatable bonds is 3. The highest BCUT2D eigenvalue weighted by Gasteiger charge is 2.31. The molecule has 0 spiro atoms. The Morgan fingerprint density at radius 2 is 1.95 bits per heavy atom. The van der Waals surface area contributed by atoms with Gasteiger partial charge in [-0.15, -0.1) is 13.2 Å². The van der Waals surface area contributed by atoms with Crippen LogP contribution < -0.4 is 15.8 Å². The van der Waals surface area contributed by atoms with Crippen molar-refractivity contribution in [1.82, 2.24) is 5.32 Å². The summed E-state index contributed by atoms with van der Waals surface area (Å²) in [7, 11) is 0. The van der Waals surface area contributed by atoms with Crippen molar-refractivity contribution in [3.05, 3.63) is 29.8 Å². The van der Waals surface area contributed by atoms with Gasteiger partial charge < -0.3 is 15.8 Å². The minimum atomic E-state index is -4.67. The van der Waals surface area contributed by atoms with Gasteiger partial charge in [0.15, 0.2) is 0 Å². The van der Waals surface area contributed by atoms with Gasteiger partial charge in [0.2, 0.25) is 0 Å². The highest BCUT2D eigenvalue weighted by molar-refractivity contribution is 5.31. The predicted octanol–water partition coefficient (Wildman–Crippen LogP) is 2.58. The SMILES string of the molecule is N[C@@H](c1cccc(OC(F)(F)F)c1)C1CCNCC1. The third kappa shape index (κ3) is 4.11. The summed E-state index contributed by atoms with van der Waals surface area (Å²) in [4.78, 5) is 0. The molecule has 106 valence electrons. The van der Waals surface area contributed by atoms with Crippen LogP contribution in [-0.2, 0) is 0 Å². The molecular weight excluding hydrogens is 257 g/mol. The minimum absolute atomic E-state index is 0.214. The van der Waals surface area contributed by atoms with Crippen LogP contribution in [0.1, 0.15) is 24.4 Å². The molecule has 1 aromatic rings. The lowest BCUT2D eigenvalue weighted by Crippen LogP contribution is -2.33. The minimum Gasteiger partial charge on any atom is -0.406 e. The average Bonchev–Trinajstić information content (AvgIpc) is 2.37. The predicted molar refractivity (Wildman–Crippen MR) is 65.6 cm³/mol. The van der Waals surface area contributed by atoms with Crippen LogP contribution in [0.25, 0.3) is 0 Å². The molecule has 1 fully saturated rings. The van der Waals surface area contributed by atoms with E-state index in [1.807, 2.05) is 0 Å². The lowest BCUT2D eigenvalue weighted by molar-refractivity contribution is -0.274. The number of alkyl halides is 3. The molecule has 6 heteroatoms. The van der Waals surface area contributed by atoms with Gasteiger partial charge in [0, 0.05) is 6.04 Å². The fourth-order valence-corrected chi connectivity index (χ4v) is 2.39. The molecule has 2 rings (SSSR count). The number of piperidine rings is 1. The molecule has 0 aliphatic carbocycles. The molecule has 1 aliphatic heterocycles. The van der Waals surface area contributed by atoms with Gasteiger partial charge in [-0.1, -0.05) is 12.1 Å². The van der Waals surface area contributed by atoms with Gasteiger partial charge in [0.1, 0.15) is 5.75 Å². The van der Waals surface area contributed by atoms with E-state index < -0.39 is 6.36 Å². The summed E-state index contributed by atoms with van der Waals surface area (Å²) in [5.41, 5.74) is 6.83. The molecule has 0 aromatic heterocycles. The second kappa shape index (κ2) is 5.79. The summed E-state index contributed by atoms with van der Waals surface area (Å²) < 4.78 is 40.4. The fraction of sp³-hybridized carbons (Fsp3) is 0.538. The van der Waals surface area contributed by atoms with Crippen LogP contribution in [0.3, 0.4) is 0 Å². The normalized spacial score (nSPS) is 19.2. The van der Waals surface area contributed by atoms with Crippen molar-refractivity contribution in [2.75, 3.05) is 13.1 Å². The molecule has 0 amide bonds. The topological polar surface area (TPSA) is 47.3 Å². The van der Waals surface area contributed by atoms with Crippen LogP contribution >= 0.6 is 0 Å². The number of benzene rings is 1. The van der Waals surface area contributed by atoms with Gasteiger partial charge >= 0.3 is 6.36 Å². The van der Waals surface area contributed by atoms with E-state index >= 15 is 0 Å². The Morgan fingerprint density at radius 1 is 1.26 bits per heavy atom. The number of ether oxygens (including phenoxy) is 1. The van der Waals surface area contributed by atoms with E-state index in [0.29, 0.717) is 11.5 Å². The molecule has 1 aromatic carbocycles. The van der Waals surface area contributed by atoms with E-state index in [1.165, 1.54) is 18.2 Å². The van der Waals surface area contributed by atoms with Crippen LogP contribution in [0.5, 0.6) is 5.75 Å².